The Hall–Kier alpha value is -3.30. The third-order valence-corrected chi connectivity index (χ3v) is 16.5. The summed E-state index contributed by atoms with van der Waals surface area (Å²) in [7, 11) is 0. The van der Waals surface area contributed by atoms with Gasteiger partial charge in [-0.2, -0.15) is 0 Å². The van der Waals surface area contributed by atoms with Gasteiger partial charge in [0.25, 0.3) is 0 Å². The van der Waals surface area contributed by atoms with E-state index in [4.69, 9.17) is 35.0 Å². The molecule has 0 spiro atoms. The number of carbonyl (C=O) groups is 5. The molecule has 12 nitrogen and oxygen atoms in total. The molecule has 0 bridgehead atoms. The number of carbonyl (C=O) groups excluding carboxylic acids is 5. The SMILES string of the molecule is [C-]#[N+]C1CCC(OC(=O)C2CCC(OCCCCCCOC(=O)C(CC)CC(C)C(=O)OCCCCCCOC3CCC(C(=O)OC4CCC(/C=C5/C(=O)C(C(C)C)CCC5C)CC4)CC3)CC2)CC1. The van der Waals surface area contributed by atoms with Gasteiger partial charge in [0, 0.05) is 32.0 Å². The van der Waals surface area contributed by atoms with E-state index in [1.165, 1.54) is 0 Å². The average molecular weight is 980 g/mol. The molecule has 4 unspecified atom stereocenters. The van der Waals surface area contributed by atoms with Crippen molar-refractivity contribution < 1.29 is 52.4 Å². The minimum absolute atomic E-state index is 0.0139. The van der Waals surface area contributed by atoms with E-state index in [1.54, 1.807) is 0 Å². The van der Waals surface area contributed by atoms with Crippen LogP contribution in [0.5, 0.6) is 0 Å². The van der Waals surface area contributed by atoms with E-state index in [0.29, 0.717) is 62.8 Å². The maximum atomic E-state index is 13.2. The molecule has 396 valence electrons. The smallest absolute Gasteiger partial charge is 0.309 e. The summed E-state index contributed by atoms with van der Waals surface area (Å²) in [6.45, 7) is 19.6. The van der Waals surface area contributed by atoms with Gasteiger partial charge in [0.15, 0.2) is 5.78 Å². The summed E-state index contributed by atoms with van der Waals surface area (Å²) in [6.07, 6.45) is 26.8. The van der Waals surface area contributed by atoms with Gasteiger partial charge < -0.3 is 33.3 Å². The first-order valence-electron chi connectivity index (χ1n) is 28.4. The predicted molar refractivity (Wildman–Crippen MR) is 270 cm³/mol. The van der Waals surface area contributed by atoms with Crippen molar-refractivity contribution in [3.8, 4) is 0 Å². The second-order valence-electron chi connectivity index (χ2n) is 22.4. The van der Waals surface area contributed by atoms with E-state index in [-0.39, 0.29) is 83.9 Å². The van der Waals surface area contributed by atoms with Crippen LogP contribution in [-0.4, -0.2) is 86.5 Å². The largest absolute Gasteiger partial charge is 0.465 e. The summed E-state index contributed by atoms with van der Waals surface area (Å²) in [5, 5.41) is 0. The zero-order valence-electron chi connectivity index (χ0n) is 44.1. The number of Topliss-reactive ketones (excluding diaryl/α,β-unsaturated/α-hetero) is 1. The predicted octanol–water partition coefficient (Wildman–Crippen LogP) is 12.5. The highest BCUT2D eigenvalue weighted by Crippen LogP contribution is 2.38. The summed E-state index contributed by atoms with van der Waals surface area (Å²) in [6, 6.07) is 0.0905. The van der Waals surface area contributed by atoms with E-state index in [1.807, 2.05) is 13.8 Å². The molecule has 0 aromatic carbocycles. The van der Waals surface area contributed by atoms with Crippen LogP contribution in [0, 0.1) is 53.9 Å². The summed E-state index contributed by atoms with van der Waals surface area (Å²) in [5.41, 5.74) is 1.05. The number of hydrogen-bond acceptors (Lipinski definition) is 11. The fourth-order valence-corrected chi connectivity index (χ4v) is 11.6. The number of ether oxygens (including phenoxy) is 6. The Labute approximate surface area is 422 Å². The zero-order valence-corrected chi connectivity index (χ0v) is 44.1. The Kier molecular flexibility index (Phi) is 25.8. The molecule has 4 atom stereocenters. The van der Waals surface area contributed by atoms with Crippen LogP contribution in [0.2, 0.25) is 0 Å². The lowest BCUT2D eigenvalue weighted by molar-refractivity contribution is -0.158. The van der Waals surface area contributed by atoms with Crippen molar-refractivity contribution in [2.24, 2.45) is 47.3 Å². The molecule has 0 heterocycles. The number of esters is 4. The van der Waals surface area contributed by atoms with Crippen LogP contribution >= 0.6 is 0 Å². The molecule has 0 saturated heterocycles. The van der Waals surface area contributed by atoms with E-state index in [0.717, 1.165) is 173 Å². The lowest BCUT2D eigenvalue weighted by Crippen LogP contribution is -2.32. The molecular weight excluding hydrogens is 887 g/mol. The van der Waals surface area contributed by atoms with Gasteiger partial charge in [0.2, 0.25) is 6.04 Å². The lowest BCUT2D eigenvalue weighted by Gasteiger charge is -2.33. The van der Waals surface area contributed by atoms with Crippen molar-refractivity contribution >= 4 is 29.7 Å². The molecule has 5 aliphatic rings. The van der Waals surface area contributed by atoms with Crippen molar-refractivity contribution in [2.45, 2.75) is 245 Å². The highest BCUT2D eigenvalue weighted by Gasteiger charge is 2.36. The van der Waals surface area contributed by atoms with Crippen LogP contribution in [0.15, 0.2) is 11.6 Å². The molecule has 0 radical (unpaired) electrons. The average Bonchev–Trinajstić information content (AvgIpc) is 3.36. The minimum Gasteiger partial charge on any atom is -0.465 e. The van der Waals surface area contributed by atoms with Crippen LogP contribution in [0.25, 0.3) is 4.85 Å². The van der Waals surface area contributed by atoms with Crippen molar-refractivity contribution in [3.05, 3.63) is 23.1 Å². The summed E-state index contributed by atoms with van der Waals surface area (Å²) in [4.78, 5) is 68.2. The zero-order chi connectivity index (χ0) is 50.3. The van der Waals surface area contributed by atoms with Crippen molar-refractivity contribution in [1.82, 2.24) is 0 Å². The van der Waals surface area contributed by atoms with E-state index >= 15 is 0 Å². The van der Waals surface area contributed by atoms with Gasteiger partial charge in [-0.1, -0.05) is 53.5 Å². The first-order chi connectivity index (χ1) is 33.8. The Morgan fingerprint density at radius 1 is 0.586 bits per heavy atom. The number of hydrogen-bond donors (Lipinski definition) is 0. The molecule has 70 heavy (non-hydrogen) atoms. The van der Waals surface area contributed by atoms with E-state index in [2.05, 4.69) is 31.7 Å². The maximum absolute atomic E-state index is 13.2. The lowest BCUT2D eigenvalue weighted by atomic mass is 9.72. The molecule has 12 heteroatoms. The first kappa shape index (κ1) is 57.6. The quantitative estimate of drug-likeness (QED) is 0.0255. The molecule has 0 aromatic heterocycles. The van der Waals surface area contributed by atoms with Crippen molar-refractivity contribution in [3.63, 3.8) is 0 Å². The Morgan fingerprint density at radius 3 is 1.51 bits per heavy atom. The molecule has 0 amide bonds. The number of ketones is 1. The Bertz CT molecular complexity index is 1660. The van der Waals surface area contributed by atoms with Gasteiger partial charge in [-0.05, 0) is 177 Å². The first-order valence-corrected chi connectivity index (χ1v) is 28.4. The fourth-order valence-electron chi connectivity index (χ4n) is 11.6. The standard InChI is InChI=1S/C58H93NO11/c1-7-44(56(62)68-37-15-11-9-13-35-66-49-29-21-46(22-30-49)58(64)70-51-31-23-47(59-6)24-32-51)38-42(5)55(61)67-36-14-10-8-12-34-65-48-27-19-45(20-28-48)57(63)69-50-25-17-43(18-26-50)39-53-41(4)16-33-52(40(2)3)54(53)60/h39-52H,7-38H2,1-5H3/b53-39+. The minimum atomic E-state index is -0.376. The van der Waals surface area contributed by atoms with Gasteiger partial charge in [-0.15, -0.1) is 0 Å². The summed E-state index contributed by atoms with van der Waals surface area (Å²) < 4.78 is 35.3. The van der Waals surface area contributed by atoms with Gasteiger partial charge in [-0.3, -0.25) is 24.0 Å². The van der Waals surface area contributed by atoms with Crippen LogP contribution in [0.1, 0.15) is 214 Å². The van der Waals surface area contributed by atoms with Crippen molar-refractivity contribution in [2.75, 3.05) is 26.4 Å². The second-order valence-corrected chi connectivity index (χ2v) is 22.4. The third kappa shape index (κ3) is 19.6. The van der Waals surface area contributed by atoms with Crippen LogP contribution < -0.4 is 0 Å². The van der Waals surface area contributed by atoms with Crippen molar-refractivity contribution in [1.29, 1.82) is 0 Å². The van der Waals surface area contributed by atoms with Gasteiger partial charge in [0.1, 0.15) is 12.2 Å². The molecule has 5 fully saturated rings. The topological polar surface area (TPSA) is 145 Å². The molecular formula is C58H93NO11. The highest BCUT2D eigenvalue weighted by molar-refractivity contribution is 5.98. The fraction of sp³-hybridized carbons (Fsp3) is 0.862. The summed E-state index contributed by atoms with van der Waals surface area (Å²) >= 11 is 0. The highest BCUT2D eigenvalue weighted by atomic mass is 16.6. The Morgan fingerprint density at radius 2 is 1.04 bits per heavy atom. The molecule has 0 aliphatic heterocycles. The number of allylic oxidation sites excluding steroid dienone is 2. The van der Waals surface area contributed by atoms with Crippen LogP contribution in [0.3, 0.4) is 0 Å². The second kappa shape index (κ2) is 31.3. The summed E-state index contributed by atoms with van der Waals surface area (Å²) in [5.74, 6) is 0.251. The number of rotatable bonds is 27. The third-order valence-electron chi connectivity index (χ3n) is 16.5. The molecule has 5 saturated carbocycles. The molecule has 0 aromatic rings. The van der Waals surface area contributed by atoms with Crippen LogP contribution in [0.4, 0.5) is 0 Å². The number of nitrogens with zero attached hydrogens (tertiary/aromatic N) is 1. The maximum Gasteiger partial charge on any atom is 0.309 e. The monoisotopic (exact) mass is 980 g/mol. The van der Waals surface area contributed by atoms with Gasteiger partial charge in [-0.25, -0.2) is 6.57 Å². The number of unbranched alkanes of at least 4 members (excludes halogenated alkanes) is 6. The van der Waals surface area contributed by atoms with Crippen LogP contribution in [-0.2, 0) is 52.4 Å². The molecule has 5 aliphatic carbocycles. The normalized spacial score (nSPS) is 30.0. The molecule has 0 N–H and O–H groups in total. The van der Waals surface area contributed by atoms with Gasteiger partial charge >= 0.3 is 23.9 Å². The van der Waals surface area contributed by atoms with E-state index in [9.17, 15) is 24.0 Å². The Balaban J connectivity index is 0.798. The molecule has 5 rings (SSSR count). The van der Waals surface area contributed by atoms with Gasteiger partial charge in [0.05, 0.1) is 49.1 Å². The van der Waals surface area contributed by atoms with E-state index < -0.39 is 0 Å².